The van der Waals surface area contributed by atoms with Gasteiger partial charge in [0.25, 0.3) is 0 Å². The van der Waals surface area contributed by atoms with Crippen molar-refractivity contribution in [2.45, 2.75) is 39.2 Å². The van der Waals surface area contributed by atoms with Crippen LogP contribution in [-0.4, -0.2) is 23.6 Å². The van der Waals surface area contributed by atoms with E-state index in [9.17, 15) is 0 Å². The summed E-state index contributed by atoms with van der Waals surface area (Å²) in [5, 5.41) is 8.78. The van der Waals surface area contributed by atoms with Crippen molar-refractivity contribution in [3.8, 4) is 6.07 Å². The van der Waals surface area contributed by atoms with E-state index >= 15 is 0 Å². The highest BCUT2D eigenvalue weighted by Crippen LogP contribution is 2.22. The molecule has 0 aromatic heterocycles. The number of likely N-dealkylation sites (tertiary alicyclic amines) is 1. The third-order valence-electron chi connectivity index (χ3n) is 2.45. The summed E-state index contributed by atoms with van der Waals surface area (Å²) in [5.74, 6) is 0.947. The van der Waals surface area contributed by atoms with Gasteiger partial charge in [0.2, 0.25) is 0 Å². The third-order valence-corrected chi connectivity index (χ3v) is 2.45. The van der Waals surface area contributed by atoms with Gasteiger partial charge in [-0.05, 0) is 40.2 Å². The van der Waals surface area contributed by atoms with Crippen molar-refractivity contribution in [2.75, 3.05) is 13.1 Å². The SMILES string of the molecule is C=C(OC(C)(C)C)N1CCC(C#N)CC1. The highest BCUT2D eigenvalue weighted by atomic mass is 16.5. The van der Waals surface area contributed by atoms with E-state index in [1.165, 1.54) is 0 Å². The highest BCUT2D eigenvalue weighted by Gasteiger charge is 2.22. The third kappa shape index (κ3) is 3.83. The highest BCUT2D eigenvalue weighted by molar-refractivity contribution is 4.94. The molecule has 3 heteroatoms. The quantitative estimate of drug-likeness (QED) is 0.654. The Bertz CT molecular complexity index is 264. The zero-order valence-corrected chi connectivity index (χ0v) is 9.92. The lowest BCUT2D eigenvalue weighted by molar-refractivity contribution is -0.00364. The van der Waals surface area contributed by atoms with E-state index in [0.717, 1.165) is 31.8 Å². The van der Waals surface area contributed by atoms with Gasteiger partial charge in [-0.2, -0.15) is 5.26 Å². The molecular formula is C12H20N2O. The van der Waals surface area contributed by atoms with Crippen molar-refractivity contribution in [1.29, 1.82) is 5.26 Å². The van der Waals surface area contributed by atoms with E-state index in [1.807, 2.05) is 20.8 Å². The minimum Gasteiger partial charge on any atom is -0.474 e. The van der Waals surface area contributed by atoms with Crippen molar-refractivity contribution in [2.24, 2.45) is 5.92 Å². The Kier molecular flexibility index (Phi) is 3.62. The Morgan fingerprint density at radius 2 is 1.93 bits per heavy atom. The van der Waals surface area contributed by atoms with Crippen molar-refractivity contribution in [3.63, 3.8) is 0 Å². The van der Waals surface area contributed by atoms with Crippen LogP contribution in [0.1, 0.15) is 33.6 Å². The van der Waals surface area contributed by atoms with Gasteiger partial charge in [0.05, 0.1) is 6.07 Å². The van der Waals surface area contributed by atoms with Gasteiger partial charge in [0.1, 0.15) is 5.60 Å². The van der Waals surface area contributed by atoms with Gasteiger partial charge in [0, 0.05) is 19.0 Å². The van der Waals surface area contributed by atoms with Crippen molar-refractivity contribution < 1.29 is 4.74 Å². The topological polar surface area (TPSA) is 36.3 Å². The lowest BCUT2D eigenvalue weighted by atomic mass is 9.99. The molecule has 0 N–H and O–H groups in total. The molecule has 0 atom stereocenters. The summed E-state index contributed by atoms with van der Waals surface area (Å²) in [4.78, 5) is 2.12. The smallest absolute Gasteiger partial charge is 0.182 e. The van der Waals surface area contributed by atoms with Crippen LogP contribution in [-0.2, 0) is 4.74 Å². The van der Waals surface area contributed by atoms with Crippen LogP contribution in [0.15, 0.2) is 12.5 Å². The second-order valence-electron chi connectivity index (χ2n) is 5.00. The minimum absolute atomic E-state index is 0.191. The molecule has 3 nitrogen and oxygen atoms in total. The summed E-state index contributed by atoms with van der Waals surface area (Å²) < 4.78 is 5.69. The van der Waals surface area contributed by atoms with Crippen molar-refractivity contribution in [3.05, 3.63) is 12.5 Å². The van der Waals surface area contributed by atoms with E-state index in [2.05, 4.69) is 17.5 Å². The standard InChI is InChI=1S/C12H20N2O/c1-10(15-12(2,3)4)14-7-5-11(9-13)6-8-14/h11H,1,5-8H2,2-4H3. The van der Waals surface area contributed by atoms with E-state index in [-0.39, 0.29) is 11.5 Å². The fourth-order valence-corrected chi connectivity index (χ4v) is 1.68. The largest absolute Gasteiger partial charge is 0.474 e. The zero-order chi connectivity index (χ0) is 11.5. The predicted molar refractivity (Wildman–Crippen MR) is 59.9 cm³/mol. The van der Waals surface area contributed by atoms with Gasteiger partial charge in [-0.15, -0.1) is 0 Å². The Hall–Kier alpha value is -1.17. The van der Waals surface area contributed by atoms with Gasteiger partial charge in [-0.3, -0.25) is 0 Å². The summed E-state index contributed by atoms with van der Waals surface area (Å²) in [6.07, 6.45) is 1.84. The van der Waals surface area contributed by atoms with Gasteiger partial charge in [-0.1, -0.05) is 0 Å². The number of hydrogen-bond acceptors (Lipinski definition) is 3. The molecule has 0 saturated carbocycles. The van der Waals surface area contributed by atoms with Crippen LogP contribution >= 0.6 is 0 Å². The first kappa shape index (κ1) is 11.9. The van der Waals surface area contributed by atoms with E-state index in [0.29, 0.717) is 0 Å². The minimum atomic E-state index is -0.191. The maximum Gasteiger partial charge on any atom is 0.182 e. The van der Waals surface area contributed by atoms with Crippen LogP contribution in [0.2, 0.25) is 0 Å². The first-order valence-corrected chi connectivity index (χ1v) is 5.45. The molecule has 0 amide bonds. The van der Waals surface area contributed by atoms with Crippen LogP contribution in [0.5, 0.6) is 0 Å². The Morgan fingerprint density at radius 3 is 2.33 bits per heavy atom. The first-order valence-electron chi connectivity index (χ1n) is 5.45. The molecule has 1 aliphatic heterocycles. The van der Waals surface area contributed by atoms with Gasteiger partial charge in [0.15, 0.2) is 5.88 Å². The average Bonchev–Trinajstić information content (AvgIpc) is 2.15. The lowest BCUT2D eigenvalue weighted by Gasteiger charge is -2.35. The molecule has 0 aliphatic carbocycles. The summed E-state index contributed by atoms with van der Waals surface area (Å²) in [7, 11) is 0. The number of nitriles is 1. The fraction of sp³-hybridized carbons (Fsp3) is 0.750. The van der Waals surface area contributed by atoms with Crippen molar-refractivity contribution >= 4 is 0 Å². The van der Waals surface area contributed by atoms with E-state index in [1.54, 1.807) is 0 Å². The van der Waals surface area contributed by atoms with Gasteiger partial charge >= 0.3 is 0 Å². The Labute approximate surface area is 92.3 Å². The Balaban J connectivity index is 2.41. The van der Waals surface area contributed by atoms with Crippen LogP contribution < -0.4 is 0 Å². The van der Waals surface area contributed by atoms with Crippen LogP contribution in [0.3, 0.4) is 0 Å². The molecule has 15 heavy (non-hydrogen) atoms. The maximum absolute atomic E-state index is 8.78. The number of nitrogens with zero attached hydrogens (tertiary/aromatic N) is 2. The van der Waals surface area contributed by atoms with Gasteiger partial charge in [-0.25, -0.2) is 0 Å². The fourth-order valence-electron chi connectivity index (χ4n) is 1.68. The summed E-state index contributed by atoms with van der Waals surface area (Å²) in [6.45, 7) is 11.7. The molecule has 0 aromatic carbocycles. The Morgan fingerprint density at radius 1 is 1.40 bits per heavy atom. The molecule has 1 rings (SSSR count). The molecule has 0 spiro atoms. The molecule has 0 radical (unpaired) electrons. The van der Waals surface area contributed by atoms with Crippen molar-refractivity contribution in [1.82, 2.24) is 4.90 Å². The average molecular weight is 208 g/mol. The van der Waals surface area contributed by atoms with Gasteiger partial charge < -0.3 is 9.64 Å². The van der Waals surface area contributed by atoms with Crippen LogP contribution in [0.4, 0.5) is 0 Å². The molecule has 1 saturated heterocycles. The molecule has 84 valence electrons. The van der Waals surface area contributed by atoms with E-state index in [4.69, 9.17) is 10.00 Å². The number of hydrogen-bond donors (Lipinski definition) is 0. The maximum atomic E-state index is 8.78. The molecule has 0 unspecified atom stereocenters. The second-order valence-corrected chi connectivity index (χ2v) is 5.00. The molecular weight excluding hydrogens is 188 g/mol. The number of piperidine rings is 1. The molecule has 1 fully saturated rings. The molecule has 1 aliphatic rings. The molecule has 0 aromatic rings. The monoisotopic (exact) mass is 208 g/mol. The predicted octanol–water partition coefficient (Wildman–Crippen LogP) is 2.51. The number of ether oxygens (including phenoxy) is 1. The first-order chi connectivity index (χ1) is 6.92. The number of rotatable bonds is 2. The second kappa shape index (κ2) is 4.57. The zero-order valence-electron chi connectivity index (χ0n) is 9.92. The molecule has 0 bridgehead atoms. The summed E-state index contributed by atoms with van der Waals surface area (Å²) >= 11 is 0. The summed E-state index contributed by atoms with van der Waals surface area (Å²) in [5.41, 5.74) is -0.191. The molecule has 1 heterocycles. The summed E-state index contributed by atoms with van der Waals surface area (Å²) in [6, 6.07) is 2.31. The van der Waals surface area contributed by atoms with E-state index < -0.39 is 0 Å². The van der Waals surface area contributed by atoms with Crippen LogP contribution in [0, 0.1) is 17.2 Å². The normalized spacial score (nSPS) is 18.4. The van der Waals surface area contributed by atoms with Crippen LogP contribution in [0.25, 0.3) is 0 Å². The lowest BCUT2D eigenvalue weighted by Crippen LogP contribution is -2.35.